The fourth-order valence-corrected chi connectivity index (χ4v) is 2.70. The zero-order valence-electron chi connectivity index (χ0n) is 9.07. The van der Waals surface area contributed by atoms with E-state index in [1.54, 1.807) is 11.1 Å². The van der Waals surface area contributed by atoms with Gasteiger partial charge in [-0.25, -0.2) is 0 Å². The molecule has 13 heavy (non-hydrogen) atoms. The van der Waals surface area contributed by atoms with Crippen LogP contribution < -0.4 is 0 Å². The van der Waals surface area contributed by atoms with Gasteiger partial charge in [0.05, 0.1) is 0 Å². The Hall–Kier alpha value is -0.780. The van der Waals surface area contributed by atoms with Crippen LogP contribution in [0.15, 0.2) is 12.1 Å². The van der Waals surface area contributed by atoms with Crippen LogP contribution in [-0.4, -0.2) is 0 Å². The van der Waals surface area contributed by atoms with Crippen LogP contribution >= 0.6 is 0 Å². The van der Waals surface area contributed by atoms with E-state index >= 15 is 0 Å². The summed E-state index contributed by atoms with van der Waals surface area (Å²) in [7, 11) is 0. The van der Waals surface area contributed by atoms with E-state index in [-0.39, 0.29) is 0 Å². The van der Waals surface area contributed by atoms with Crippen LogP contribution in [0.3, 0.4) is 0 Å². The lowest BCUT2D eigenvalue weighted by molar-refractivity contribution is 0.520. The SMILES string of the molecule is Cc1ccc(C)c2c1CCC2(C)C. The minimum Gasteiger partial charge on any atom is -0.0588 e. The minimum absolute atomic E-state index is 0.408. The molecule has 0 saturated heterocycles. The molecule has 0 unspecified atom stereocenters. The molecule has 1 aliphatic carbocycles. The molecular formula is C13H18. The normalized spacial score (nSPS) is 18.8. The predicted molar refractivity (Wildman–Crippen MR) is 57.3 cm³/mol. The molecule has 1 aromatic carbocycles. The number of hydrogen-bond donors (Lipinski definition) is 0. The Morgan fingerprint density at radius 3 is 2.31 bits per heavy atom. The quantitative estimate of drug-likeness (QED) is 0.564. The predicted octanol–water partition coefficient (Wildman–Crippen LogP) is 3.53. The Morgan fingerprint density at radius 1 is 1.08 bits per heavy atom. The number of benzene rings is 1. The van der Waals surface area contributed by atoms with E-state index in [0.717, 1.165) is 0 Å². The smallest absolute Gasteiger partial charge is 0.00949 e. The summed E-state index contributed by atoms with van der Waals surface area (Å²) in [5.74, 6) is 0. The molecule has 0 heteroatoms. The second-order valence-electron chi connectivity index (χ2n) is 4.94. The Balaban J connectivity index is 2.70. The fourth-order valence-electron chi connectivity index (χ4n) is 2.70. The Labute approximate surface area is 81.0 Å². The van der Waals surface area contributed by atoms with Gasteiger partial charge in [0.2, 0.25) is 0 Å². The van der Waals surface area contributed by atoms with Crippen molar-refractivity contribution >= 4 is 0 Å². The lowest BCUT2D eigenvalue weighted by Crippen LogP contribution is -2.13. The first kappa shape index (κ1) is 8.80. The van der Waals surface area contributed by atoms with Gasteiger partial charge in [0.1, 0.15) is 0 Å². The van der Waals surface area contributed by atoms with Crippen molar-refractivity contribution in [1.82, 2.24) is 0 Å². The molecular weight excluding hydrogens is 156 g/mol. The molecule has 0 aliphatic heterocycles. The molecule has 1 aliphatic rings. The van der Waals surface area contributed by atoms with Crippen molar-refractivity contribution < 1.29 is 0 Å². The molecule has 1 aromatic rings. The zero-order chi connectivity index (χ0) is 9.64. The molecule has 2 rings (SSSR count). The van der Waals surface area contributed by atoms with Gasteiger partial charge in [-0.05, 0) is 54.4 Å². The Kier molecular flexibility index (Phi) is 1.76. The summed E-state index contributed by atoms with van der Waals surface area (Å²) in [6, 6.07) is 4.52. The highest BCUT2D eigenvalue weighted by atomic mass is 14.4. The van der Waals surface area contributed by atoms with Gasteiger partial charge < -0.3 is 0 Å². The fraction of sp³-hybridized carbons (Fsp3) is 0.538. The second kappa shape index (κ2) is 2.60. The van der Waals surface area contributed by atoms with Crippen LogP contribution in [0.4, 0.5) is 0 Å². The monoisotopic (exact) mass is 174 g/mol. The summed E-state index contributed by atoms with van der Waals surface area (Å²) < 4.78 is 0. The number of hydrogen-bond acceptors (Lipinski definition) is 0. The molecule has 0 fully saturated rings. The standard InChI is InChI=1S/C13H18/c1-9-5-6-10(2)12-11(9)7-8-13(12,3)4/h5-6H,7-8H2,1-4H3. The van der Waals surface area contributed by atoms with Crippen LogP contribution in [0, 0.1) is 13.8 Å². The molecule has 0 atom stereocenters. The number of aryl methyl sites for hydroxylation is 2. The van der Waals surface area contributed by atoms with Gasteiger partial charge in [0, 0.05) is 0 Å². The average Bonchev–Trinajstić information content (AvgIpc) is 2.36. The van der Waals surface area contributed by atoms with E-state index in [9.17, 15) is 0 Å². The van der Waals surface area contributed by atoms with Gasteiger partial charge in [0.15, 0.2) is 0 Å². The van der Waals surface area contributed by atoms with E-state index < -0.39 is 0 Å². The maximum Gasteiger partial charge on any atom is -0.00949 e. The van der Waals surface area contributed by atoms with Crippen LogP contribution in [-0.2, 0) is 11.8 Å². The van der Waals surface area contributed by atoms with Gasteiger partial charge in [0.25, 0.3) is 0 Å². The van der Waals surface area contributed by atoms with Crippen molar-refractivity contribution in [2.45, 2.75) is 46.0 Å². The molecule has 0 saturated carbocycles. The summed E-state index contributed by atoms with van der Waals surface area (Å²) in [5.41, 5.74) is 6.60. The van der Waals surface area contributed by atoms with Gasteiger partial charge >= 0.3 is 0 Å². The van der Waals surface area contributed by atoms with Gasteiger partial charge in [-0.2, -0.15) is 0 Å². The highest BCUT2D eigenvalue weighted by Crippen LogP contribution is 2.41. The zero-order valence-corrected chi connectivity index (χ0v) is 9.07. The molecule has 0 nitrogen and oxygen atoms in total. The third kappa shape index (κ3) is 1.20. The molecule has 0 N–H and O–H groups in total. The van der Waals surface area contributed by atoms with Crippen molar-refractivity contribution in [1.29, 1.82) is 0 Å². The van der Waals surface area contributed by atoms with Gasteiger partial charge in [-0.15, -0.1) is 0 Å². The topological polar surface area (TPSA) is 0 Å². The lowest BCUT2D eigenvalue weighted by atomic mass is 9.83. The summed E-state index contributed by atoms with van der Waals surface area (Å²) >= 11 is 0. The molecule has 0 aromatic heterocycles. The van der Waals surface area contributed by atoms with Crippen molar-refractivity contribution in [2.75, 3.05) is 0 Å². The van der Waals surface area contributed by atoms with Crippen molar-refractivity contribution in [2.24, 2.45) is 0 Å². The van der Waals surface area contributed by atoms with Crippen LogP contribution in [0.25, 0.3) is 0 Å². The second-order valence-corrected chi connectivity index (χ2v) is 4.94. The lowest BCUT2D eigenvalue weighted by Gasteiger charge is -2.21. The van der Waals surface area contributed by atoms with Crippen LogP contribution in [0.2, 0.25) is 0 Å². The van der Waals surface area contributed by atoms with Gasteiger partial charge in [-0.1, -0.05) is 26.0 Å². The highest BCUT2D eigenvalue weighted by molar-refractivity contribution is 5.47. The Bertz CT molecular complexity index is 345. The summed E-state index contributed by atoms with van der Waals surface area (Å²) in [4.78, 5) is 0. The van der Waals surface area contributed by atoms with Crippen molar-refractivity contribution in [3.8, 4) is 0 Å². The van der Waals surface area contributed by atoms with Crippen molar-refractivity contribution in [3.63, 3.8) is 0 Å². The molecule has 0 spiro atoms. The maximum absolute atomic E-state index is 2.37. The first-order chi connectivity index (χ1) is 6.02. The molecule has 70 valence electrons. The first-order valence-electron chi connectivity index (χ1n) is 5.12. The van der Waals surface area contributed by atoms with E-state index in [0.29, 0.717) is 5.41 Å². The molecule has 0 amide bonds. The average molecular weight is 174 g/mol. The number of fused-ring (bicyclic) bond motifs is 1. The maximum atomic E-state index is 2.37. The third-order valence-corrected chi connectivity index (χ3v) is 3.43. The van der Waals surface area contributed by atoms with Crippen LogP contribution in [0.1, 0.15) is 42.5 Å². The van der Waals surface area contributed by atoms with E-state index in [4.69, 9.17) is 0 Å². The molecule has 0 bridgehead atoms. The Morgan fingerprint density at radius 2 is 1.69 bits per heavy atom. The molecule has 0 radical (unpaired) electrons. The summed E-state index contributed by atoms with van der Waals surface area (Å²) in [5, 5.41) is 0. The third-order valence-electron chi connectivity index (χ3n) is 3.43. The summed E-state index contributed by atoms with van der Waals surface area (Å²) in [6.45, 7) is 9.21. The van der Waals surface area contributed by atoms with Gasteiger partial charge in [-0.3, -0.25) is 0 Å². The molecule has 0 heterocycles. The highest BCUT2D eigenvalue weighted by Gasteiger charge is 2.31. The largest absolute Gasteiger partial charge is 0.0588 e. The number of rotatable bonds is 0. The summed E-state index contributed by atoms with van der Waals surface area (Å²) in [6.07, 6.45) is 2.59. The first-order valence-corrected chi connectivity index (χ1v) is 5.12. The van der Waals surface area contributed by atoms with Crippen LogP contribution in [0.5, 0.6) is 0 Å². The van der Waals surface area contributed by atoms with E-state index in [2.05, 4.69) is 39.8 Å². The minimum atomic E-state index is 0.408. The van der Waals surface area contributed by atoms with Crippen molar-refractivity contribution in [3.05, 3.63) is 34.4 Å². The van der Waals surface area contributed by atoms with E-state index in [1.807, 2.05) is 0 Å². The van der Waals surface area contributed by atoms with E-state index in [1.165, 1.54) is 24.0 Å².